The van der Waals surface area contributed by atoms with Gasteiger partial charge in [0, 0.05) is 23.2 Å². The molecule has 0 radical (unpaired) electrons. The largest absolute Gasteiger partial charge is 0.493 e. The van der Waals surface area contributed by atoms with E-state index in [4.69, 9.17) is 13.9 Å². The summed E-state index contributed by atoms with van der Waals surface area (Å²) in [7, 11) is -2.61. The molecule has 39 heavy (non-hydrogen) atoms. The molecule has 0 spiro atoms. The Labute approximate surface area is 228 Å². The standard InChI is InChI=1S/C31H31N3O4S/c1-21-17-18-34-29(19-21)33-30(31(34)32-24-11-4-3-5-12-24)23-15-16-26(27(20-23)37-2)38-39(35,36)28-14-8-10-22-9-6-7-13-25(22)28/h6-10,13-20,24,32H,3-5,11-12H2,1-2H3. The normalized spacial score (nSPS) is 14.5. The third-order valence-corrected chi connectivity index (χ3v) is 8.68. The number of hydrogen-bond donors (Lipinski definition) is 1. The zero-order valence-corrected chi connectivity index (χ0v) is 22.9. The molecule has 1 aliphatic rings. The Morgan fingerprint density at radius 1 is 0.923 bits per heavy atom. The van der Waals surface area contributed by atoms with Crippen molar-refractivity contribution < 1.29 is 17.3 Å². The minimum atomic E-state index is -4.11. The molecule has 0 saturated heterocycles. The van der Waals surface area contributed by atoms with Crippen LogP contribution in [-0.4, -0.2) is 31.0 Å². The van der Waals surface area contributed by atoms with E-state index in [1.54, 1.807) is 30.3 Å². The molecule has 0 amide bonds. The molecule has 1 fully saturated rings. The molecule has 0 atom stereocenters. The molecule has 7 nitrogen and oxygen atoms in total. The Balaban J connectivity index is 1.38. The van der Waals surface area contributed by atoms with Crippen molar-refractivity contribution in [2.24, 2.45) is 0 Å². The molecule has 5 aromatic rings. The maximum absolute atomic E-state index is 13.4. The number of anilines is 1. The van der Waals surface area contributed by atoms with Gasteiger partial charge in [0.25, 0.3) is 0 Å². The Morgan fingerprint density at radius 3 is 2.54 bits per heavy atom. The van der Waals surface area contributed by atoms with Gasteiger partial charge in [-0.3, -0.25) is 4.40 Å². The average Bonchev–Trinajstić information content (AvgIpc) is 3.30. The quantitative estimate of drug-likeness (QED) is 0.224. The summed E-state index contributed by atoms with van der Waals surface area (Å²) in [5, 5.41) is 5.18. The van der Waals surface area contributed by atoms with Crippen molar-refractivity contribution >= 4 is 32.4 Å². The molecule has 6 rings (SSSR count). The Hall–Kier alpha value is -4.04. The first-order valence-corrected chi connectivity index (χ1v) is 14.7. The van der Waals surface area contributed by atoms with E-state index in [0.29, 0.717) is 17.2 Å². The molecule has 2 heterocycles. The third-order valence-electron chi connectivity index (χ3n) is 7.38. The van der Waals surface area contributed by atoms with Crippen LogP contribution in [-0.2, 0) is 10.1 Å². The molecule has 3 aromatic carbocycles. The molecular formula is C31H31N3O4S. The van der Waals surface area contributed by atoms with Crippen LogP contribution in [0, 0.1) is 6.92 Å². The fourth-order valence-electron chi connectivity index (χ4n) is 5.39. The molecule has 1 N–H and O–H groups in total. The lowest BCUT2D eigenvalue weighted by atomic mass is 9.95. The van der Waals surface area contributed by atoms with Gasteiger partial charge >= 0.3 is 10.1 Å². The van der Waals surface area contributed by atoms with Gasteiger partial charge < -0.3 is 14.2 Å². The first-order valence-electron chi connectivity index (χ1n) is 13.3. The van der Waals surface area contributed by atoms with Gasteiger partial charge in [-0.05, 0) is 67.1 Å². The van der Waals surface area contributed by atoms with Gasteiger partial charge in [-0.1, -0.05) is 55.7 Å². The molecular weight excluding hydrogens is 510 g/mol. The lowest BCUT2D eigenvalue weighted by Gasteiger charge is -2.24. The second kappa shape index (κ2) is 10.3. The summed E-state index contributed by atoms with van der Waals surface area (Å²) in [5.74, 6) is 1.36. The van der Waals surface area contributed by atoms with Gasteiger partial charge in [0.2, 0.25) is 0 Å². The van der Waals surface area contributed by atoms with Crippen molar-refractivity contribution in [2.45, 2.75) is 50.0 Å². The molecule has 0 bridgehead atoms. The number of ether oxygens (including phenoxy) is 1. The molecule has 1 saturated carbocycles. The van der Waals surface area contributed by atoms with Crippen molar-refractivity contribution in [3.63, 3.8) is 0 Å². The maximum atomic E-state index is 13.4. The van der Waals surface area contributed by atoms with E-state index in [0.717, 1.165) is 46.5 Å². The number of aryl methyl sites for hydroxylation is 1. The average molecular weight is 542 g/mol. The molecule has 0 unspecified atom stereocenters. The highest BCUT2D eigenvalue weighted by molar-refractivity contribution is 7.87. The number of fused-ring (bicyclic) bond motifs is 2. The van der Waals surface area contributed by atoms with Crippen molar-refractivity contribution in [2.75, 3.05) is 12.4 Å². The van der Waals surface area contributed by atoms with E-state index in [1.807, 2.05) is 43.5 Å². The van der Waals surface area contributed by atoms with E-state index in [2.05, 4.69) is 21.9 Å². The number of benzene rings is 3. The number of rotatable bonds is 7. The number of imidazole rings is 1. The van der Waals surface area contributed by atoms with Crippen molar-refractivity contribution in [1.29, 1.82) is 0 Å². The molecule has 2 aromatic heterocycles. The third kappa shape index (κ3) is 4.92. The van der Waals surface area contributed by atoms with Gasteiger partial charge in [-0.15, -0.1) is 0 Å². The van der Waals surface area contributed by atoms with Gasteiger partial charge in [0.1, 0.15) is 22.1 Å². The second-order valence-corrected chi connectivity index (χ2v) is 11.6. The summed E-state index contributed by atoms with van der Waals surface area (Å²) >= 11 is 0. The zero-order valence-electron chi connectivity index (χ0n) is 22.1. The van der Waals surface area contributed by atoms with E-state index < -0.39 is 10.1 Å². The first-order chi connectivity index (χ1) is 18.9. The summed E-state index contributed by atoms with van der Waals surface area (Å²) in [4.78, 5) is 5.07. The van der Waals surface area contributed by atoms with Crippen LogP contribution >= 0.6 is 0 Å². The van der Waals surface area contributed by atoms with E-state index in [9.17, 15) is 8.42 Å². The molecule has 0 aliphatic heterocycles. The van der Waals surface area contributed by atoms with E-state index >= 15 is 0 Å². The summed E-state index contributed by atoms with van der Waals surface area (Å²) < 4.78 is 40.1. The van der Waals surface area contributed by atoms with Crippen LogP contribution in [0.2, 0.25) is 0 Å². The number of nitrogens with one attached hydrogen (secondary N) is 1. The number of aromatic nitrogens is 2. The van der Waals surface area contributed by atoms with Crippen LogP contribution in [0.5, 0.6) is 11.5 Å². The summed E-state index contributed by atoms with van der Waals surface area (Å²) in [6.45, 7) is 2.05. The summed E-state index contributed by atoms with van der Waals surface area (Å²) in [6.07, 6.45) is 8.00. The minimum Gasteiger partial charge on any atom is -0.493 e. The number of methoxy groups -OCH3 is 1. The lowest BCUT2D eigenvalue weighted by molar-refractivity contribution is 0.391. The first kappa shape index (κ1) is 25.2. The van der Waals surface area contributed by atoms with Crippen molar-refractivity contribution in [3.8, 4) is 22.8 Å². The molecule has 1 aliphatic carbocycles. The van der Waals surface area contributed by atoms with Gasteiger partial charge in [-0.2, -0.15) is 8.42 Å². The summed E-state index contributed by atoms with van der Waals surface area (Å²) in [6, 6.07) is 22.2. The van der Waals surface area contributed by atoms with Crippen LogP contribution in [0.15, 0.2) is 83.9 Å². The minimum absolute atomic E-state index is 0.112. The van der Waals surface area contributed by atoms with Crippen LogP contribution in [0.4, 0.5) is 5.82 Å². The highest BCUT2D eigenvalue weighted by Gasteiger charge is 2.24. The van der Waals surface area contributed by atoms with Crippen LogP contribution < -0.4 is 14.2 Å². The van der Waals surface area contributed by atoms with Gasteiger partial charge in [0.15, 0.2) is 11.5 Å². The highest BCUT2D eigenvalue weighted by Crippen LogP contribution is 2.38. The monoisotopic (exact) mass is 541 g/mol. The van der Waals surface area contributed by atoms with Gasteiger partial charge in [-0.25, -0.2) is 4.98 Å². The number of pyridine rings is 1. The van der Waals surface area contributed by atoms with Crippen LogP contribution in [0.1, 0.15) is 37.7 Å². The van der Waals surface area contributed by atoms with Crippen molar-refractivity contribution in [1.82, 2.24) is 9.38 Å². The van der Waals surface area contributed by atoms with Crippen LogP contribution in [0.25, 0.3) is 27.7 Å². The Morgan fingerprint density at radius 2 is 1.72 bits per heavy atom. The lowest BCUT2D eigenvalue weighted by Crippen LogP contribution is -2.23. The SMILES string of the molecule is COc1cc(-c2nc3cc(C)ccn3c2NC2CCCCC2)ccc1OS(=O)(=O)c1cccc2ccccc12. The number of nitrogens with zero attached hydrogens (tertiary/aromatic N) is 2. The van der Waals surface area contributed by atoms with Crippen molar-refractivity contribution in [3.05, 3.63) is 84.6 Å². The fourth-order valence-corrected chi connectivity index (χ4v) is 6.55. The predicted octanol–water partition coefficient (Wildman–Crippen LogP) is 6.98. The zero-order chi connectivity index (χ0) is 27.0. The molecule has 8 heteroatoms. The van der Waals surface area contributed by atoms with Gasteiger partial charge in [0.05, 0.1) is 7.11 Å². The smallest absolute Gasteiger partial charge is 0.339 e. The van der Waals surface area contributed by atoms with E-state index in [1.165, 1.54) is 26.4 Å². The highest BCUT2D eigenvalue weighted by atomic mass is 32.2. The Kier molecular flexibility index (Phi) is 6.64. The number of hydrogen-bond acceptors (Lipinski definition) is 6. The Bertz CT molecular complexity index is 1770. The predicted molar refractivity (Wildman–Crippen MR) is 154 cm³/mol. The van der Waals surface area contributed by atoms with Crippen LogP contribution in [0.3, 0.4) is 0 Å². The van der Waals surface area contributed by atoms with E-state index in [-0.39, 0.29) is 10.6 Å². The fraction of sp³-hybridized carbons (Fsp3) is 0.258. The maximum Gasteiger partial charge on any atom is 0.339 e. The second-order valence-electron chi connectivity index (χ2n) is 10.1. The molecule has 200 valence electrons. The summed E-state index contributed by atoms with van der Waals surface area (Å²) in [5.41, 5.74) is 3.57. The topological polar surface area (TPSA) is 81.9 Å².